The number of carbonyl (C=O) groups is 1. The first-order valence-electron chi connectivity index (χ1n) is 16.4. The first kappa shape index (κ1) is 36.4. The number of likely N-dealkylation sites (N-methyl/N-ethyl adjacent to an activating group) is 1. The van der Waals surface area contributed by atoms with Crippen molar-refractivity contribution in [2.24, 2.45) is 0 Å². The summed E-state index contributed by atoms with van der Waals surface area (Å²) >= 11 is 0. The second-order valence-electron chi connectivity index (χ2n) is 13.1. The molecule has 0 aliphatic rings. The van der Waals surface area contributed by atoms with Gasteiger partial charge in [0.05, 0.1) is 21.1 Å². The molecule has 4 heteroatoms. The molecule has 1 N–H and O–H groups in total. The zero-order valence-electron chi connectivity index (χ0n) is 25.8. The molecular weight excluding hydrogens is 458 g/mol. The van der Waals surface area contributed by atoms with Gasteiger partial charge in [-0.05, 0) is 6.42 Å². The summed E-state index contributed by atoms with van der Waals surface area (Å²) in [5.74, 6) is -1.15. The fraction of sp³-hybridized carbons (Fsp3) is 0.970. The van der Waals surface area contributed by atoms with Crippen molar-refractivity contribution < 1.29 is 19.5 Å². The Hall–Kier alpha value is -0.610. The van der Waals surface area contributed by atoms with Crippen LogP contribution in [-0.2, 0) is 4.79 Å². The van der Waals surface area contributed by atoms with Crippen molar-refractivity contribution in [3.63, 3.8) is 0 Å². The number of hydrogen-bond acceptors (Lipinski definition) is 3. The van der Waals surface area contributed by atoms with Crippen LogP contribution in [0.1, 0.15) is 174 Å². The minimum atomic E-state index is -1.15. The zero-order chi connectivity index (χ0) is 27.7. The van der Waals surface area contributed by atoms with E-state index < -0.39 is 11.6 Å². The summed E-state index contributed by atoms with van der Waals surface area (Å²) in [6.07, 6.45) is 33.1. The number of hydrogen-bond donors (Lipinski definition) is 1. The lowest BCUT2D eigenvalue weighted by molar-refractivity contribution is -0.877. The van der Waals surface area contributed by atoms with Crippen molar-refractivity contribution in [1.82, 2.24) is 0 Å². The number of aliphatic carboxylic acids is 1. The van der Waals surface area contributed by atoms with Gasteiger partial charge in [0.2, 0.25) is 0 Å². The van der Waals surface area contributed by atoms with E-state index in [1.807, 2.05) is 21.1 Å². The average molecular weight is 526 g/mol. The van der Waals surface area contributed by atoms with E-state index in [9.17, 15) is 15.0 Å². The third-order valence-electron chi connectivity index (χ3n) is 7.74. The summed E-state index contributed by atoms with van der Waals surface area (Å²) in [5, 5.41) is 21.8. The fourth-order valence-corrected chi connectivity index (χ4v) is 5.79. The highest BCUT2D eigenvalue weighted by molar-refractivity contribution is 5.65. The van der Waals surface area contributed by atoms with E-state index in [4.69, 9.17) is 0 Å². The Morgan fingerprint density at radius 3 is 1.08 bits per heavy atom. The lowest BCUT2D eigenvalue weighted by Crippen LogP contribution is -2.51. The molecule has 0 aromatic rings. The van der Waals surface area contributed by atoms with Crippen LogP contribution < -0.4 is 5.11 Å². The number of nitrogens with zero attached hydrogens (tertiary/aromatic N) is 1. The predicted molar refractivity (Wildman–Crippen MR) is 159 cm³/mol. The molecule has 1 atom stereocenters. The normalized spacial score (nSPS) is 13.6. The van der Waals surface area contributed by atoms with Crippen LogP contribution in [0, 0.1) is 0 Å². The third kappa shape index (κ3) is 28.2. The molecule has 0 amide bonds. The molecule has 0 bridgehead atoms. The monoisotopic (exact) mass is 526 g/mol. The number of carboxylic acid groups (broad SMARTS) is 1. The molecular formula is C33H67NO3. The van der Waals surface area contributed by atoms with Crippen molar-refractivity contribution in [3.8, 4) is 0 Å². The van der Waals surface area contributed by atoms with Gasteiger partial charge in [-0.2, -0.15) is 0 Å². The molecule has 4 nitrogen and oxygen atoms in total. The summed E-state index contributed by atoms with van der Waals surface area (Å²) in [7, 11) is 5.96. The number of rotatable bonds is 29. The average Bonchev–Trinajstić information content (AvgIpc) is 2.80. The van der Waals surface area contributed by atoms with Crippen LogP contribution in [0.25, 0.3) is 0 Å². The Balaban J connectivity index is 3.37. The second kappa shape index (κ2) is 24.4. The largest absolute Gasteiger partial charge is 0.550 e. The van der Waals surface area contributed by atoms with Crippen LogP contribution in [0.4, 0.5) is 0 Å². The molecule has 0 heterocycles. The van der Waals surface area contributed by atoms with Crippen LogP contribution in [0.15, 0.2) is 0 Å². The molecule has 0 spiro atoms. The van der Waals surface area contributed by atoms with Gasteiger partial charge in [-0.15, -0.1) is 0 Å². The van der Waals surface area contributed by atoms with E-state index in [2.05, 4.69) is 6.92 Å². The summed E-state index contributed by atoms with van der Waals surface area (Å²) in [6.45, 7) is 2.74. The van der Waals surface area contributed by atoms with Gasteiger partial charge < -0.3 is 19.5 Å². The molecule has 0 radical (unpaired) electrons. The summed E-state index contributed by atoms with van der Waals surface area (Å²) in [5.41, 5.74) is -1.15. The van der Waals surface area contributed by atoms with Crippen molar-refractivity contribution in [1.29, 1.82) is 0 Å². The fourth-order valence-electron chi connectivity index (χ4n) is 5.79. The smallest absolute Gasteiger partial charge is 0.119 e. The van der Waals surface area contributed by atoms with Gasteiger partial charge >= 0.3 is 0 Å². The van der Waals surface area contributed by atoms with Crippen LogP contribution >= 0.6 is 0 Å². The van der Waals surface area contributed by atoms with Gasteiger partial charge in [-0.25, -0.2) is 0 Å². The lowest BCUT2D eigenvalue weighted by Gasteiger charge is -2.36. The Morgan fingerprint density at radius 2 is 0.838 bits per heavy atom. The Morgan fingerprint density at radius 1 is 0.568 bits per heavy atom. The first-order valence-corrected chi connectivity index (χ1v) is 16.4. The van der Waals surface area contributed by atoms with E-state index >= 15 is 0 Å². The molecule has 0 saturated carbocycles. The van der Waals surface area contributed by atoms with Crippen molar-refractivity contribution in [3.05, 3.63) is 0 Å². The van der Waals surface area contributed by atoms with Crippen molar-refractivity contribution >= 4 is 5.97 Å². The molecule has 0 rings (SSSR count). The van der Waals surface area contributed by atoms with Gasteiger partial charge in [-0.3, -0.25) is 0 Å². The molecule has 37 heavy (non-hydrogen) atoms. The van der Waals surface area contributed by atoms with Gasteiger partial charge in [0.25, 0.3) is 0 Å². The van der Waals surface area contributed by atoms with Crippen LogP contribution in [0.5, 0.6) is 0 Å². The van der Waals surface area contributed by atoms with Gasteiger partial charge in [0.15, 0.2) is 0 Å². The van der Waals surface area contributed by atoms with Crippen LogP contribution in [0.3, 0.4) is 0 Å². The molecule has 0 aromatic carbocycles. The van der Waals surface area contributed by atoms with Crippen molar-refractivity contribution in [2.75, 3.05) is 27.7 Å². The number of aliphatic hydroxyl groups is 1. The summed E-state index contributed by atoms with van der Waals surface area (Å²) in [4.78, 5) is 11.1. The molecule has 0 saturated heterocycles. The van der Waals surface area contributed by atoms with Crippen molar-refractivity contribution in [2.45, 2.75) is 179 Å². The summed E-state index contributed by atoms with van der Waals surface area (Å²) in [6, 6.07) is 0. The highest BCUT2D eigenvalue weighted by Crippen LogP contribution is 2.23. The van der Waals surface area contributed by atoms with Gasteiger partial charge in [0.1, 0.15) is 12.1 Å². The maximum absolute atomic E-state index is 11.1. The highest BCUT2D eigenvalue weighted by atomic mass is 16.4. The minimum Gasteiger partial charge on any atom is -0.550 e. The standard InChI is InChI=1S/C33H67NO3/c1-5-6-7-8-9-10-11-12-13-14-15-16-17-18-19-20-21-22-23-24-25-26-27-28-29-33(37,30-32(35)36)31-34(2,3)4/h37H,5-31H2,1-4H3. The van der Waals surface area contributed by atoms with Crippen LogP contribution in [-0.4, -0.2) is 48.8 Å². The Kier molecular flexibility index (Phi) is 24.0. The maximum Gasteiger partial charge on any atom is 0.119 e. The SMILES string of the molecule is CCCCCCCCCCCCCCCCCCCCCCCCCCC(O)(CC(=O)[O-])C[N+](C)(C)C. The maximum atomic E-state index is 11.1. The lowest BCUT2D eigenvalue weighted by atomic mass is 9.91. The van der Waals surface area contributed by atoms with E-state index in [1.165, 1.54) is 141 Å². The van der Waals surface area contributed by atoms with Gasteiger partial charge in [0, 0.05) is 12.4 Å². The predicted octanol–water partition coefficient (Wildman–Crippen LogP) is 8.34. The Labute approximate surface area is 232 Å². The van der Waals surface area contributed by atoms with E-state index in [0.717, 1.165) is 12.8 Å². The molecule has 1 unspecified atom stereocenters. The van der Waals surface area contributed by atoms with E-state index in [0.29, 0.717) is 17.4 Å². The number of carbonyl (C=O) groups excluding carboxylic acids is 1. The number of carboxylic acids is 1. The molecule has 0 aromatic heterocycles. The van der Waals surface area contributed by atoms with E-state index in [-0.39, 0.29) is 6.42 Å². The molecule has 0 aliphatic carbocycles. The molecule has 222 valence electrons. The number of quaternary nitrogens is 1. The first-order chi connectivity index (χ1) is 17.7. The molecule has 0 fully saturated rings. The quantitative estimate of drug-likeness (QED) is 0.0788. The molecule has 0 aliphatic heterocycles. The topological polar surface area (TPSA) is 60.4 Å². The van der Waals surface area contributed by atoms with Gasteiger partial charge in [-0.1, -0.05) is 161 Å². The summed E-state index contributed by atoms with van der Waals surface area (Å²) < 4.78 is 0.559. The Bertz CT molecular complexity index is 502. The number of unbranched alkanes of at least 4 members (excludes halogenated alkanes) is 23. The van der Waals surface area contributed by atoms with Crippen LogP contribution in [0.2, 0.25) is 0 Å². The third-order valence-corrected chi connectivity index (χ3v) is 7.74. The van der Waals surface area contributed by atoms with E-state index in [1.54, 1.807) is 0 Å². The minimum absolute atomic E-state index is 0.262. The zero-order valence-corrected chi connectivity index (χ0v) is 25.8. The second-order valence-corrected chi connectivity index (χ2v) is 13.1. The highest BCUT2D eigenvalue weighted by Gasteiger charge is 2.33.